The van der Waals surface area contributed by atoms with Gasteiger partial charge in [-0.1, -0.05) is 6.92 Å². The van der Waals surface area contributed by atoms with E-state index < -0.39 is 10.9 Å². The summed E-state index contributed by atoms with van der Waals surface area (Å²) < 4.78 is 5.32. The van der Waals surface area contributed by atoms with Crippen LogP contribution in [-0.4, -0.2) is 40.9 Å². The Morgan fingerprint density at radius 3 is 2.83 bits per heavy atom. The summed E-state index contributed by atoms with van der Waals surface area (Å²) in [6, 6.07) is 4.15. The van der Waals surface area contributed by atoms with Gasteiger partial charge in [-0.15, -0.1) is 0 Å². The number of rotatable bonds is 5. The number of piperidine rings is 1. The van der Waals surface area contributed by atoms with E-state index in [1.165, 1.54) is 12.1 Å². The highest BCUT2D eigenvalue weighted by Gasteiger charge is 2.26. The Morgan fingerprint density at radius 2 is 2.17 bits per heavy atom. The molecule has 0 radical (unpaired) electrons. The summed E-state index contributed by atoms with van der Waals surface area (Å²) >= 11 is 3.05. The number of amides is 1. The van der Waals surface area contributed by atoms with E-state index in [1.807, 2.05) is 6.92 Å². The largest absolute Gasteiger partial charge is 0.452 e. The lowest BCUT2D eigenvalue weighted by atomic mass is 10.00. The molecule has 1 heterocycles. The van der Waals surface area contributed by atoms with E-state index in [1.54, 1.807) is 4.90 Å². The lowest BCUT2D eigenvalue weighted by Crippen LogP contribution is -2.45. The van der Waals surface area contributed by atoms with Gasteiger partial charge in [-0.3, -0.25) is 14.9 Å². The standard InChI is InChI=1S/C16H19BrN2O5/c1-2-12-5-3-4-8-18(12)15(20)10-24-16(21)11-6-7-13(17)14(9-11)19(22)23/h6-7,9,12H,2-5,8,10H2,1H3/t12-/m1/s1. The van der Waals surface area contributed by atoms with Crippen molar-refractivity contribution >= 4 is 33.5 Å². The van der Waals surface area contributed by atoms with Crippen molar-refractivity contribution in [2.75, 3.05) is 13.2 Å². The van der Waals surface area contributed by atoms with E-state index >= 15 is 0 Å². The van der Waals surface area contributed by atoms with Gasteiger partial charge in [-0.2, -0.15) is 0 Å². The van der Waals surface area contributed by atoms with Crippen LogP contribution in [0.4, 0.5) is 5.69 Å². The highest BCUT2D eigenvalue weighted by molar-refractivity contribution is 9.10. The van der Waals surface area contributed by atoms with Gasteiger partial charge in [-0.25, -0.2) is 4.79 Å². The number of halogens is 1. The van der Waals surface area contributed by atoms with Crippen LogP contribution in [-0.2, 0) is 9.53 Å². The smallest absolute Gasteiger partial charge is 0.338 e. The molecule has 2 rings (SSSR count). The Labute approximate surface area is 148 Å². The molecule has 1 aromatic rings. The number of nitro benzene ring substituents is 1. The minimum Gasteiger partial charge on any atom is -0.452 e. The first-order valence-electron chi connectivity index (χ1n) is 7.84. The van der Waals surface area contributed by atoms with Crippen LogP contribution in [0, 0.1) is 10.1 Å². The van der Waals surface area contributed by atoms with Crippen LogP contribution in [0.25, 0.3) is 0 Å². The van der Waals surface area contributed by atoms with Crippen molar-refractivity contribution in [2.45, 2.75) is 38.6 Å². The van der Waals surface area contributed by atoms with E-state index in [0.29, 0.717) is 6.54 Å². The monoisotopic (exact) mass is 398 g/mol. The molecule has 1 saturated heterocycles. The number of ether oxygens (including phenoxy) is 1. The molecule has 130 valence electrons. The first kappa shape index (κ1) is 18.4. The number of hydrogen-bond donors (Lipinski definition) is 0. The second-order valence-corrected chi connectivity index (χ2v) is 6.50. The van der Waals surface area contributed by atoms with E-state index in [0.717, 1.165) is 31.7 Å². The number of nitro groups is 1. The first-order chi connectivity index (χ1) is 11.4. The van der Waals surface area contributed by atoms with Gasteiger partial charge in [0.15, 0.2) is 6.61 Å². The molecule has 0 bridgehead atoms. The van der Waals surface area contributed by atoms with Crippen molar-refractivity contribution in [1.29, 1.82) is 0 Å². The van der Waals surface area contributed by atoms with Crippen LogP contribution in [0.5, 0.6) is 0 Å². The third kappa shape index (κ3) is 4.31. The fourth-order valence-corrected chi connectivity index (χ4v) is 3.22. The summed E-state index contributed by atoms with van der Waals surface area (Å²) in [6.45, 7) is 2.36. The summed E-state index contributed by atoms with van der Waals surface area (Å²) in [5, 5.41) is 10.9. The van der Waals surface area contributed by atoms with Gasteiger partial charge < -0.3 is 9.64 Å². The number of likely N-dealkylation sites (tertiary alicyclic amines) is 1. The van der Waals surface area contributed by atoms with Gasteiger partial charge in [0.05, 0.1) is 15.0 Å². The highest BCUT2D eigenvalue weighted by Crippen LogP contribution is 2.26. The summed E-state index contributed by atoms with van der Waals surface area (Å²) in [5.74, 6) is -0.967. The third-order valence-corrected chi connectivity index (χ3v) is 4.79. The van der Waals surface area contributed by atoms with Crippen molar-refractivity contribution < 1.29 is 19.2 Å². The summed E-state index contributed by atoms with van der Waals surface area (Å²) in [7, 11) is 0. The average molecular weight is 399 g/mol. The van der Waals surface area contributed by atoms with Gasteiger partial charge in [0, 0.05) is 18.7 Å². The van der Waals surface area contributed by atoms with Gasteiger partial charge in [0.1, 0.15) is 0 Å². The van der Waals surface area contributed by atoms with Crippen molar-refractivity contribution in [1.82, 2.24) is 4.90 Å². The molecule has 0 aromatic heterocycles. The number of benzene rings is 1. The lowest BCUT2D eigenvalue weighted by Gasteiger charge is -2.35. The number of carbonyl (C=O) groups excluding carboxylic acids is 2. The zero-order valence-electron chi connectivity index (χ0n) is 13.4. The van der Waals surface area contributed by atoms with Crippen LogP contribution >= 0.6 is 15.9 Å². The Morgan fingerprint density at radius 1 is 1.42 bits per heavy atom. The number of hydrogen-bond acceptors (Lipinski definition) is 5. The fourth-order valence-electron chi connectivity index (χ4n) is 2.83. The molecule has 8 heteroatoms. The molecule has 7 nitrogen and oxygen atoms in total. The van der Waals surface area contributed by atoms with Crippen molar-refractivity contribution in [2.24, 2.45) is 0 Å². The number of carbonyl (C=O) groups is 2. The summed E-state index contributed by atoms with van der Waals surface area (Å²) in [6.07, 6.45) is 3.90. The molecule has 1 fully saturated rings. The molecule has 0 unspecified atom stereocenters. The third-order valence-electron chi connectivity index (χ3n) is 4.12. The maximum Gasteiger partial charge on any atom is 0.338 e. The molecule has 0 N–H and O–H groups in total. The van der Waals surface area contributed by atoms with Crippen molar-refractivity contribution in [3.8, 4) is 0 Å². The van der Waals surface area contributed by atoms with Crippen LogP contribution in [0.1, 0.15) is 43.0 Å². The van der Waals surface area contributed by atoms with E-state index in [2.05, 4.69) is 15.9 Å². The predicted molar refractivity (Wildman–Crippen MR) is 90.7 cm³/mol. The molecule has 0 aliphatic carbocycles. The fraction of sp³-hybridized carbons (Fsp3) is 0.500. The zero-order valence-corrected chi connectivity index (χ0v) is 15.0. The molecular formula is C16H19BrN2O5. The highest BCUT2D eigenvalue weighted by atomic mass is 79.9. The quantitative estimate of drug-likeness (QED) is 0.431. The molecule has 1 amide bonds. The molecule has 1 atom stereocenters. The van der Waals surface area contributed by atoms with Gasteiger partial charge in [-0.05, 0) is 53.7 Å². The molecule has 0 saturated carbocycles. The molecule has 24 heavy (non-hydrogen) atoms. The second-order valence-electron chi connectivity index (χ2n) is 5.64. The minimum atomic E-state index is -0.746. The Balaban J connectivity index is 1.99. The van der Waals surface area contributed by atoms with Crippen LogP contribution in [0.15, 0.2) is 22.7 Å². The van der Waals surface area contributed by atoms with Crippen molar-refractivity contribution in [3.63, 3.8) is 0 Å². The molecule has 1 aromatic carbocycles. The lowest BCUT2D eigenvalue weighted by molar-refractivity contribution is -0.385. The van der Waals surface area contributed by atoms with E-state index in [9.17, 15) is 19.7 Å². The SMILES string of the molecule is CC[C@@H]1CCCCN1C(=O)COC(=O)c1ccc(Br)c([N+](=O)[O-])c1. The topological polar surface area (TPSA) is 89.8 Å². The Bertz CT molecular complexity index is 649. The van der Waals surface area contributed by atoms with Gasteiger partial charge >= 0.3 is 5.97 Å². The van der Waals surface area contributed by atoms with Gasteiger partial charge in [0.25, 0.3) is 11.6 Å². The van der Waals surface area contributed by atoms with Gasteiger partial charge in [0.2, 0.25) is 0 Å². The zero-order chi connectivity index (χ0) is 17.7. The molecular weight excluding hydrogens is 380 g/mol. The van der Waals surface area contributed by atoms with E-state index in [-0.39, 0.29) is 34.3 Å². The Kier molecular flexibility index (Phi) is 6.30. The predicted octanol–water partition coefficient (Wildman–Crippen LogP) is 3.31. The van der Waals surface area contributed by atoms with Crippen molar-refractivity contribution in [3.05, 3.63) is 38.3 Å². The van der Waals surface area contributed by atoms with Crippen LogP contribution < -0.4 is 0 Å². The van der Waals surface area contributed by atoms with E-state index in [4.69, 9.17) is 4.74 Å². The van der Waals surface area contributed by atoms with Crippen LogP contribution in [0.2, 0.25) is 0 Å². The molecule has 1 aliphatic rings. The maximum absolute atomic E-state index is 12.3. The normalized spacial score (nSPS) is 17.4. The van der Waals surface area contributed by atoms with Crippen LogP contribution in [0.3, 0.4) is 0 Å². The maximum atomic E-state index is 12.3. The molecule has 1 aliphatic heterocycles. The number of nitrogens with zero attached hydrogens (tertiary/aromatic N) is 2. The minimum absolute atomic E-state index is 0.0448. The number of esters is 1. The molecule has 0 spiro atoms. The first-order valence-corrected chi connectivity index (χ1v) is 8.64. The summed E-state index contributed by atoms with van der Waals surface area (Å²) in [5.41, 5.74) is -0.179. The second kappa shape index (κ2) is 8.23. The Hall–Kier alpha value is -1.96. The summed E-state index contributed by atoms with van der Waals surface area (Å²) in [4.78, 5) is 36.4. The average Bonchev–Trinajstić information content (AvgIpc) is 2.59.